The van der Waals surface area contributed by atoms with E-state index >= 15 is 0 Å². The quantitative estimate of drug-likeness (QED) is 0.736. The molecule has 2 amide bonds. The van der Waals surface area contributed by atoms with Crippen LogP contribution in [0.2, 0.25) is 0 Å². The first kappa shape index (κ1) is 18.8. The second-order valence-electron chi connectivity index (χ2n) is 6.99. The molecular weight excluding hydrogens is 366 g/mol. The Morgan fingerprint density at radius 2 is 1.55 bits per heavy atom. The monoisotopic (exact) mass is 389 g/mol. The van der Waals surface area contributed by atoms with E-state index in [0.717, 1.165) is 30.0 Å². The number of carbonyl (C=O) groups excluding carboxylic acids is 2. The molecule has 148 valence electrons. The average molecular weight is 389 g/mol. The van der Waals surface area contributed by atoms with Gasteiger partial charge in [-0.2, -0.15) is 0 Å². The largest absolute Gasteiger partial charge is 0.451 e. The molecule has 1 aliphatic rings. The molecule has 2 aromatic carbocycles. The number of piperazine rings is 1. The number of benzene rings is 2. The maximum Gasteiger partial charge on any atom is 0.291 e. The van der Waals surface area contributed by atoms with Crippen molar-refractivity contribution in [3.8, 4) is 11.3 Å². The minimum atomic E-state index is -0.290. The van der Waals surface area contributed by atoms with Gasteiger partial charge in [-0.05, 0) is 24.3 Å². The van der Waals surface area contributed by atoms with Crippen molar-refractivity contribution in [2.24, 2.45) is 0 Å². The topological polar surface area (TPSA) is 65.8 Å². The zero-order chi connectivity index (χ0) is 20.2. The third-order valence-electron chi connectivity index (χ3n) is 5.11. The van der Waals surface area contributed by atoms with Crippen molar-refractivity contribution in [3.63, 3.8) is 0 Å². The maximum absolute atomic E-state index is 12.8. The SMILES string of the molecule is CC(=O)N1CCN(c2ccccc2NC(=O)c2ccc(-c3ccccc3)o2)CC1. The van der Waals surface area contributed by atoms with Gasteiger partial charge in [0.2, 0.25) is 5.91 Å². The second kappa shape index (κ2) is 8.22. The van der Waals surface area contributed by atoms with E-state index in [-0.39, 0.29) is 17.6 Å². The highest BCUT2D eigenvalue weighted by Gasteiger charge is 2.21. The normalized spacial score (nSPS) is 14.0. The van der Waals surface area contributed by atoms with Gasteiger partial charge in [0.05, 0.1) is 11.4 Å². The number of rotatable bonds is 4. The number of hydrogen-bond donors (Lipinski definition) is 1. The summed E-state index contributed by atoms with van der Waals surface area (Å²) >= 11 is 0. The molecule has 1 aromatic heterocycles. The van der Waals surface area contributed by atoms with Gasteiger partial charge in [0.25, 0.3) is 5.91 Å². The molecule has 0 aliphatic carbocycles. The minimum absolute atomic E-state index is 0.0956. The first-order valence-corrected chi connectivity index (χ1v) is 9.68. The number of amides is 2. The number of nitrogens with one attached hydrogen (secondary N) is 1. The lowest BCUT2D eigenvalue weighted by atomic mass is 10.2. The molecule has 0 radical (unpaired) electrons. The van der Waals surface area contributed by atoms with E-state index in [1.54, 1.807) is 19.1 Å². The molecule has 6 heteroatoms. The van der Waals surface area contributed by atoms with Gasteiger partial charge in [-0.15, -0.1) is 0 Å². The van der Waals surface area contributed by atoms with Crippen LogP contribution in [0.5, 0.6) is 0 Å². The predicted octanol–water partition coefficient (Wildman–Crippen LogP) is 3.87. The summed E-state index contributed by atoms with van der Waals surface area (Å²) in [5.74, 6) is 0.727. The summed E-state index contributed by atoms with van der Waals surface area (Å²) in [6.45, 7) is 4.40. The molecule has 2 heterocycles. The summed E-state index contributed by atoms with van der Waals surface area (Å²) in [6.07, 6.45) is 0. The molecule has 1 fully saturated rings. The van der Waals surface area contributed by atoms with Crippen LogP contribution < -0.4 is 10.2 Å². The summed E-state index contributed by atoms with van der Waals surface area (Å²) in [4.78, 5) is 28.3. The predicted molar refractivity (Wildman–Crippen MR) is 113 cm³/mol. The van der Waals surface area contributed by atoms with Crippen LogP contribution in [-0.4, -0.2) is 42.9 Å². The fourth-order valence-electron chi connectivity index (χ4n) is 3.52. The molecule has 0 atom stereocenters. The molecule has 4 rings (SSSR count). The number of nitrogens with zero attached hydrogens (tertiary/aromatic N) is 2. The van der Waals surface area contributed by atoms with E-state index in [1.165, 1.54) is 0 Å². The Morgan fingerprint density at radius 3 is 2.28 bits per heavy atom. The van der Waals surface area contributed by atoms with E-state index in [9.17, 15) is 9.59 Å². The third-order valence-corrected chi connectivity index (χ3v) is 5.11. The van der Waals surface area contributed by atoms with E-state index in [2.05, 4.69) is 10.2 Å². The fraction of sp³-hybridized carbons (Fsp3) is 0.217. The van der Waals surface area contributed by atoms with Gasteiger partial charge in [-0.25, -0.2) is 0 Å². The van der Waals surface area contributed by atoms with Crippen LogP contribution in [0.1, 0.15) is 17.5 Å². The number of furan rings is 1. The smallest absolute Gasteiger partial charge is 0.291 e. The van der Waals surface area contributed by atoms with Gasteiger partial charge >= 0.3 is 0 Å². The fourth-order valence-corrected chi connectivity index (χ4v) is 3.52. The summed E-state index contributed by atoms with van der Waals surface area (Å²) in [5.41, 5.74) is 2.60. The van der Waals surface area contributed by atoms with Gasteiger partial charge in [-0.3, -0.25) is 9.59 Å². The molecule has 0 bridgehead atoms. The average Bonchev–Trinajstić information content (AvgIpc) is 3.25. The van der Waals surface area contributed by atoms with Crippen molar-refractivity contribution in [1.29, 1.82) is 0 Å². The highest BCUT2D eigenvalue weighted by atomic mass is 16.3. The number of anilines is 2. The third kappa shape index (κ3) is 4.16. The zero-order valence-electron chi connectivity index (χ0n) is 16.3. The molecule has 1 saturated heterocycles. The van der Waals surface area contributed by atoms with Gasteiger partial charge in [0.1, 0.15) is 5.76 Å². The molecule has 29 heavy (non-hydrogen) atoms. The van der Waals surface area contributed by atoms with E-state index in [4.69, 9.17) is 4.42 Å². The summed E-state index contributed by atoms with van der Waals surface area (Å²) in [7, 11) is 0. The van der Waals surface area contributed by atoms with Crippen LogP contribution in [0.15, 0.2) is 71.1 Å². The second-order valence-corrected chi connectivity index (χ2v) is 6.99. The van der Waals surface area contributed by atoms with Crippen LogP contribution in [0.4, 0.5) is 11.4 Å². The van der Waals surface area contributed by atoms with Crippen LogP contribution in [0, 0.1) is 0 Å². The highest BCUT2D eigenvalue weighted by molar-refractivity contribution is 6.04. The Kier molecular flexibility index (Phi) is 5.33. The van der Waals surface area contributed by atoms with Crippen molar-refractivity contribution in [2.45, 2.75) is 6.92 Å². The van der Waals surface area contributed by atoms with Crippen molar-refractivity contribution < 1.29 is 14.0 Å². The van der Waals surface area contributed by atoms with Crippen LogP contribution >= 0.6 is 0 Å². The highest BCUT2D eigenvalue weighted by Crippen LogP contribution is 2.28. The Morgan fingerprint density at radius 1 is 0.862 bits per heavy atom. The van der Waals surface area contributed by atoms with Crippen molar-refractivity contribution in [3.05, 3.63) is 72.5 Å². The zero-order valence-corrected chi connectivity index (χ0v) is 16.3. The van der Waals surface area contributed by atoms with Gasteiger partial charge in [-0.1, -0.05) is 42.5 Å². The first-order chi connectivity index (χ1) is 14.1. The molecule has 6 nitrogen and oxygen atoms in total. The van der Waals surface area contributed by atoms with E-state index < -0.39 is 0 Å². The summed E-state index contributed by atoms with van der Waals surface area (Å²) in [6, 6.07) is 20.9. The lowest BCUT2D eigenvalue weighted by Gasteiger charge is -2.36. The standard InChI is InChI=1S/C23H23N3O3/c1-17(27)25-13-15-26(16-14-25)20-10-6-5-9-19(20)24-23(28)22-12-11-21(29-22)18-7-3-2-4-8-18/h2-12H,13-16H2,1H3,(H,24,28). The van der Waals surface area contributed by atoms with Gasteiger partial charge in [0.15, 0.2) is 5.76 Å². The number of para-hydroxylation sites is 2. The van der Waals surface area contributed by atoms with Crippen molar-refractivity contribution in [1.82, 2.24) is 4.90 Å². The first-order valence-electron chi connectivity index (χ1n) is 9.68. The Bertz CT molecular complexity index is 1000. The van der Waals surface area contributed by atoms with Crippen LogP contribution in [-0.2, 0) is 4.79 Å². The Labute approximate surface area is 169 Å². The van der Waals surface area contributed by atoms with Gasteiger partial charge in [0, 0.05) is 38.7 Å². The minimum Gasteiger partial charge on any atom is -0.451 e. The molecular formula is C23H23N3O3. The number of hydrogen-bond acceptors (Lipinski definition) is 4. The van der Waals surface area contributed by atoms with Gasteiger partial charge < -0.3 is 19.5 Å². The molecule has 3 aromatic rings. The molecule has 0 saturated carbocycles. The molecule has 1 aliphatic heterocycles. The molecule has 0 unspecified atom stereocenters. The van der Waals surface area contributed by atoms with E-state index in [1.807, 2.05) is 59.5 Å². The Balaban J connectivity index is 1.48. The number of carbonyl (C=O) groups is 2. The molecule has 0 spiro atoms. The maximum atomic E-state index is 12.8. The van der Waals surface area contributed by atoms with Crippen molar-refractivity contribution >= 4 is 23.2 Å². The summed E-state index contributed by atoms with van der Waals surface area (Å²) < 4.78 is 5.76. The molecule has 1 N–H and O–H groups in total. The lowest BCUT2D eigenvalue weighted by molar-refractivity contribution is -0.129. The lowest BCUT2D eigenvalue weighted by Crippen LogP contribution is -2.48. The van der Waals surface area contributed by atoms with Crippen LogP contribution in [0.3, 0.4) is 0 Å². The summed E-state index contributed by atoms with van der Waals surface area (Å²) in [5, 5.41) is 2.97. The van der Waals surface area contributed by atoms with Crippen molar-refractivity contribution in [2.75, 3.05) is 36.4 Å². The van der Waals surface area contributed by atoms with Crippen LogP contribution in [0.25, 0.3) is 11.3 Å². The Hall–Kier alpha value is -3.54. The van der Waals surface area contributed by atoms with E-state index in [0.29, 0.717) is 18.8 Å².